The molecular formula is C14H27N. The van der Waals surface area contributed by atoms with Crippen LogP contribution in [0.25, 0.3) is 0 Å². The molecule has 0 aliphatic carbocycles. The van der Waals surface area contributed by atoms with Gasteiger partial charge in [-0.25, -0.2) is 0 Å². The van der Waals surface area contributed by atoms with Crippen LogP contribution in [-0.4, -0.2) is 12.6 Å². The van der Waals surface area contributed by atoms with Gasteiger partial charge in [0.05, 0.1) is 0 Å². The Morgan fingerprint density at radius 2 is 1.73 bits per heavy atom. The van der Waals surface area contributed by atoms with E-state index in [0.717, 1.165) is 13.0 Å². The van der Waals surface area contributed by atoms with Crippen molar-refractivity contribution in [1.82, 2.24) is 5.32 Å². The van der Waals surface area contributed by atoms with Crippen molar-refractivity contribution in [1.29, 1.82) is 0 Å². The maximum atomic E-state index is 5.34. The summed E-state index contributed by atoms with van der Waals surface area (Å²) >= 11 is 0. The van der Waals surface area contributed by atoms with E-state index >= 15 is 0 Å². The van der Waals surface area contributed by atoms with Crippen molar-refractivity contribution in [2.75, 3.05) is 6.54 Å². The lowest BCUT2D eigenvalue weighted by atomic mass is 10.0. The van der Waals surface area contributed by atoms with Crippen molar-refractivity contribution in [3.8, 4) is 12.3 Å². The number of hydrogen-bond donors (Lipinski definition) is 1. The van der Waals surface area contributed by atoms with E-state index in [1.807, 2.05) is 0 Å². The van der Waals surface area contributed by atoms with Crippen LogP contribution in [0.3, 0.4) is 0 Å². The molecule has 0 aliphatic rings. The highest BCUT2D eigenvalue weighted by atomic mass is 14.9. The van der Waals surface area contributed by atoms with E-state index < -0.39 is 0 Å². The number of rotatable bonds is 10. The molecule has 0 aromatic rings. The van der Waals surface area contributed by atoms with E-state index in [1.165, 1.54) is 44.9 Å². The lowest BCUT2D eigenvalue weighted by molar-refractivity contribution is 0.469. The second-order valence-corrected chi connectivity index (χ2v) is 4.22. The summed E-state index contributed by atoms with van der Waals surface area (Å²) in [5, 5.41) is 3.44. The molecule has 0 amide bonds. The van der Waals surface area contributed by atoms with E-state index in [2.05, 4.69) is 25.1 Å². The van der Waals surface area contributed by atoms with Crippen molar-refractivity contribution in [2.45, 2.75) is 71.3 Å². The summed E-state index contributed by atoms with van der Waals surface area (Å²) in [5.41, 5.74) is 0. The third kappa shape index (κ3) is 9.82. The highest BCUT2D eigenvalue weighted by Crippen LogP contribution is 2.09. The van der Waals surface area contributed by atoms with Crippen LogP contribution in [0.1, 0.15) is 65.2 Å². The Bertz CT molecular complexity index is 157. The van der Waals surface area contributed by atoms with Gasteiger partial charge in [0.15, 0.2) is 0 Å². The highest BCUT2D eigenvalue weighted by Gasteiger charge is 2.04. The van der Waals surface area contributed by atoms with E-state index in [-0.39, 0.29) is 0 Å². The molecule has 1 unspecified atom stereocenters. The fraction of sp³-hybridized carbons (Fsp3) is 0.857. The molecule has 0 saturated carbocycles. The molecule has 0 saturated heterocycles. The number of hydrogen-bond acceptors (Lipinski definition) is 1. The van der Waals surface area contributed by atoms with Crippen LogP contribution in [0.4, 0.5) is 0 Å². The average molecular weight is 209 g/mol. The second-order valence-electron chi connectivity index (χ2n) is 4.22. The van der Waals surface area contributed by atoms with Crippen LogP contribution >= 0.6 is 0 Å². The third-order valence-corrected chi connectivity index (χ3v) is 2.76. The molecule has 0 spiro atoms. The van der Waals surface area contributed by atoms with Crippen molar-refractivity contribution in [3.05, 3.63) is 0 Å². The molecule has 1 nitrogen and oxygen atoms in total. The van der Waals surface area contributed by atoms with Gasteiger partial charge in [0.1, 0.15) is 0 Å². The largest absolute Gasteiger partial charge is 0.313 e. The number of nitrogens with one attached hydrogen (secondary N) is 1. The Hall–Kier alpha value is -0.480. The van der Waals surface area contributed by atoms with Gasteiger partial charge in [0, 0.05) is 12.5 Å². The molecule has 88 valence electrons. The summed E-state index contributed by atoms with van der Waals surface area (Å²) in [6.45, 7) is 5.43. The first-order chi connectivity index (χ1) is 7.35. The maximum absolute atomic E-state index is 5.34. The Kier molecular flexibility index (Phi) is 11.2. The molecule has 0 heterocycles. The monoisotopic (exact) mass is 209 g/mol. The molecule has 1 heteroatoms. The van der Waals surface area contributed by atoms with Crippen LogP contribution in [-0.2, 0) is 0 Å². The van der Waals surface area contributed by atoms with Gasteiger partial charge in [-0.2, -0.15) is 0 Å². The fourth-order valence-electron chi connectivity index (χ4n) is 1.88. The first kappa shape index (κ1) is 14.5. The van der Waals surface area contributed by atoms with Crippen molar-refractivity contribution >= 4 is 0 Å². The summed E-state index contributed by atoms with van der Waals surface area (Å²) < 4.78 is 0. The first-order valence-corrected chi connectivity index (χ1v) is 6.52. The second kappa shape index (κ2) is 11.6. The van der Waals surface area contributed by atoms with Crippen LogP contribution in [0.2, 0.25) is 0 Å². The molecule has 0 bridgehead atoms. The normalized spacial score (nSPS) is 12.3. The van der Waals surface area contributed by atoms with E-state index in [9.17, 15) is 0 Å². The van der Waals surface area contributed by atoms with Gasteiger partial charge in [-0.3, -0.25) is 0 Å². The van der Waals surface area contributed by atoms with Crippen LogP contribution in [0, 0.1) is 12.3 Å². The molecule has 0 rings (SSSR count). The van der Waals surface area contributed by atoms with Gasteiger partial charge in [0.25, 0.3) is 0 Å². The number of terminal acetylenes is 1. The molecule has 0 radical (unpaired) electrons. The molecule has 0 aromatic carbocycles. The molecule has 1 atom stereocenters. The summed E-state index contributed by atoms with van der Waals surface area (Å²) in [5.74, 6) is 2.75. The van der Waals surface area contributed by atoms with E-state index in [0.29, 0.717) is 6.04 Å². The average Bonchev–Trinajstić information content (AvgIpc) is 2.24. The Morgan fingerprint density at radius 1 is 1.07 bits per heavy atom. The van der Waals surface area contributed by atoms with Crippen LogP contribution in [0.5, 0.6) is 0 Å². The Morgan fingerprint density at radius 3 is 2.33 bits per heavy atom. The highest BCUT2D eigenvalue weighted by molar-refractivity contribution is 4.89. The van der Waals surface area contributed by atoms with Gasteiger partial charge in [0.2, 0.25) is 0 Å². The van der Waals surface area contributed by atoms with Crippen molar-refractivity contribution < 1.29 is 0 Å². The van der Waals surface area contributed by atoms with Gasteiger partial charge < -0.3 is 5.32 Å². The summed E-state index contributed by atoms with van der Waals surface area (Å²) in [4.78, 5) is 0. The van der Waals surface area contributed by atoms with E-state index in [1.54, 1.807) is 0 Å². The van der Waals surface area contributed by atoms with Gasteiger partial charge in [-0.1, -0.05) is 52.4 Å². The minimum Gasteiger partial charge on any atom is -0.313 e. The Balaban J connectivity index is 3.33. The summed E-state index contributed by atoms with van der Waals surface area (Å²) in [7, 11) is 0. The van der Waals surface area contributed by atoms with Gasteiger partial charge in [-0.05, 0) is 13.0 Å². The quantitative estimate of drug-likeness (QED) is 0.427. The van der Waals surface area contributed by atoms with Crippen LogP contribution < -0.4 is 5.32 Å². The lowest BCUT2D eigenvalue weighted by Crippen LogP contribution is -2.28. The third-order valence-electron chi connectivity index (χ3n) is 2.76. The van der Waals surface area contributed by atoms with E-state index in [4.69, 9.17) is 6.42 Å². The molecule has 15 heavy (non-hydrogen) atoms. The molecule has 0 aromatic heterocycles. The standard InChI is InChI=1S/C14H27N/c1-4-7-8-9-10-11-13-14(12-5-2)15-6-3/h2,14-15H,4,6-13H2,1,3H3. The predicted octanol–water partition coefficient (Wildman–Crippen LogP) is 3.74. The zero-order valence-electron chi connectivity index (χ0n) is 10.5. The van der Waals surface area contributed by atoms with Crippen molar-refractivity contribution in [3.63, 3.8) is 0 Å². The molecule has 1 N–H and O–H groups in total. The smallest absolute Gasteiger partial charge is 0.0240 e. The fourth-order valence-corrected chi connectivity index (χ4v) is 1.88. The maximum Gasteiger partial charge on any atom is 0.0240 e. The van der Waals surface area contributed by atoms with Crippen LogP contribution in [0.15, 0.2) is 0 Å². The first-order valence-electron chi connectivity index (χ1n) is 6.52. The minimum absolute atomic E-state index is 0.547. The number of unbranched alkanes of at least 4 members (excludes halogenated alkanes) is 5. The summed E-state index contributed by atoms with van der Waals surface area (Å²) in [6, 6.07) is 0.547. The lowest BCUT2D eigenvalue weighted by Gasteiger charge is -2.14. The van der Waals surface area contributed by atoms with Gasteiger partial charge in [-0.15, -0.1) is 12.3 Å². The Labute approximate surface area is 96.0 Å². The SMILES string of the molecule is C#CCC(CCCCCCCC)NCC. The molecule has 0 fully saturated rings. The molecule has 0 aliphatic heterocycles. The topological polar surface area (TPSA) is 12.0 Å². The zero-order chi connectivity index (χ0) is 11.4. The minimum atomic E-state index is 0.547. The molecular weight excluding hydrogens is 182 g/mol. The van der Waals surface area contributed by atoms with Gasteiger partial charge >= 0.3 is 0 Å². The predicted molar refractivity (Wildman–Crippen MR) is 68.9 cm³/mol. The zero-order valence-corrected chi connectivity index (χ0v) is 10.5. The van der Waals surface area contributed by atoms with Crippen molar-refractivity contribution in [2.24, 2.45) is 0 Å². The summed E-state index contributed by atoms with van der Waals surface area (Å²) in [6.07, 6.45) is 15.7.